The van der Waals surface area contributed by atoms with Gasteiger partial charge >= 0.3 is 12.1 Å². The van der Waals surface area contributed by atoms with Crippen molar-refractivity contribution in [2.75, 3.05) is 19.5 Å². The fraction of sp³-hybridized carbons (Fsp3) is 0.263. The molecule has 15 heteroatoms. The number of nitro benzene ring substituents is 2. The molecule has 0 fully saturated rings. The van der Waals surface area contributed by atoms with Gasteiger partial charge in [-0.1, -0.05) is 0 Å². The van der Waals surface area contributed by atoms with Crippen molar-refractivity contribution in [2.24, 2.45) is 0 Å². The summed E-state index contributed by atoms with van der Waals surface area (Å²) in [6, 6.07) is 3.50. The normalized spacial score (nSPS) is 11.8. The van der Waals surface area contributed by atoms with Crippen molar-refractivity contribution in [1.82, 2.24) is 0 Å². The predicted octanol–water partition coefficient (Wildman–Crippen LogP) is 3.72. The van der Waals surface area contributed by atoms with E-state index < -0.39 is 62.2 Å². The Bertz CT molecular complexity index is 1150. The maximum absolute atomic E-state index is 13.3. The summed E-state index contributed by atoms with van der Waals surface area (Å²) < 4.78 is 54.6. The largest absolute Gasteiger partial charge is 0.493 e. The first-order valence-electron chi connectivity index (χ1n) is 9.08. The molecule has 1 atom stereocenters. The highest BCUT2D eigenvalue weighted by atomic mass is 19.4. The quantitative estimate of drug-likeness (QED) is 0.332. The van der Waals surface area contributed by atoms with Gasteiger partial charge in [-0.25, -0.2) is 4.79 Å². The van der Waals surface area contributed by atoms with Crippen molar-refractivity contribution in [2.45, 2.75) is 19.2 Å². The average Bonchev–Trinajstić information content (AvgIpc) is 2.77. The fourth-order valence-corrected chi connectivity index (χ4v) is 2.68. The number of rotatable bonds is 8. The molecule has 12 nitrogen and oxygen atoms in total. The summed E-state index contributed by atoms with van der Waals surface area (Å²) in [6.45, 7) is 1.01. The zero-order valence-electron chi connectivity index (χ0n) is 17.7. The fourth-order valence-electron chi connectivity index (χ4n) is 2.68. The highest BCUT2D eigenvalue weighted by molar-refractivity contribution is 5.99. The maximum Gasteiger partial charge on any atom is 0.418 e. The molecule has 2 aromatic rings. The Labute approximate surface area is 188 Å². The number of nitrogens with one attached hydrogen (secondary N) is 1. The van der Waals surface area contributed by atoms with Crippen LogP contribution in [0, 0.1) is 20.2 Å². The zero-order valence-corrected chi connectivity index (χ0v) is 17.7. The number of halogens is 3. The van der Waals surface area contributed by atoms with Crippen molar-refractivity contribution >= 4 is 28.9 Å². The van der Waals surface area contributed by atoms with Gasteiger partial charge in [-0.3, -0.25) is 25.0 Å². The second-order valence-electron chi connectivity index (χ2n) is 6.50. The van der Waals surface area contributed by atoms with Gasteiger partial charge in [0.1, 0.15) is 5.56 Å². The molecular weight excluding hydrogens is 471 g/mol. The molecule has 0 aromatic heterocycles. The molecule has 0 saturated carbocycles. The summed E-state index contributed by atoms with van der Waals surface area (Å²) >= 11 is 0. The molecule has 0 radical (unpaired) electrons. The lowest BCUT2D eigenvalue weighted by molar-refractivity contribution is -0.385. The molecular formula is C19H16F3N3O9. The third-order valence-corrected chi connectivity index (χ3v) is 4.35. The molecule has 182 valence electrons. The summed E-state index contributed by atoms with van der Waals surface area (Å²) in [5.74, 6) is -2.68. The summed E-state index contributed by atoms with van der Waals surface area (Å²) in [4.78, 5) is 45.0. The number of nitro groups is 2. The highest BCUT2D eigenvalue weighted by Gasteiger charge is 2.36. The molecule has 0 bridgehead atoms. The van der Waals surface area contributed by atoms with E-state index in [0.717, 1.165) is 25.1 Å². The standard InChI is InChI=1S/C19H16F3N3O9/c1-9(17(26)23-13-5-4-10(24(28)29)6-12(13)19(20,21)22)34-18(27)11-7-15(32-2)16(33-3)8-14(11)25(30)31/h4-9H,1-3H3,(H,23,26). The van der Waals surface area contributed by atoms with Crippen LogP contribution in [0.15, 0.2) is 30.3 Å². The number of carbonyl (C=O) groups excluding carboxylic acids is 2. The summed E-state index contributed by atoms with van der Waals surface area (Å²) in [7, 11) is 2.41. The number of non-ortho nitro benzene ring substituents is 1. The van der Waals surface area contributed by atoms with E-state index in [1.165, 1.54) is 14.2 Å². The number of esters is 1. The van der Waals surface area contributed by atoms with Gasteiger partial charge in [0, 0.05) is 18.2 Å². The van der Waals surface area contributed by atoms with Crippen molar-refractivity contribution in [1.29, 1.82) is 0 Å². The van der Waals surface area contributed by atoms with Gasteiger partial charge in [-0.2, -0.15) is 13.2 Å². The van der Waals surface area contributed by atoms with Crippen LogP contribution < -0.4 is 14.8 Å². The number of methoxy groups -OCH3 is 2. The van der Waals surface area contributed by atoms with Crippen LogP contribution in [-0.4, -0.2) is 42.0 Å². The van der Waals surface area contributed by atoms with Gasteiger partial charge in [0.05, 0.1) is 41.4 Å². The first-order valence-corrected chi connectivity index (χ1v) is 9.08. The predicted molar refractivity (Wildman–Crippen MR) is 108 cm³/mol. The van der Waals surface area contributed by atoms with E-state index in [-0.39, 0.29) is 17.6 Å². The second kappa shape index (κ2) is 10.0. The molecule has 2 rings (SSSR count). The monoisotopic (exact) mass is 487 g/mol. The molecule has 0 spiro atoms. The average molecular weight is 487 g/mol. The molecule has 0 aliphatic carbocycles. The topological polar surface area (TPSA) is 160 Å². The Hall–Kier alpha value is -4.43. The molecule has 2 aromatic carbocycles. The number of hydrogen-bond acceptors (Lipinski definition) is 9. The zero-order chi connectivity index (χ0) is 25.8. The number of anilines is 1. The van der Waals surface area contributed by atoms with E-state index in [1.54, 1.807) is 0 Å². The van der Waals surface area contributed by atoms with E-state index in [0.29, 0.717) is 6.07 Å². The minimum atomic E-state index is -5.05. The van der Waals surface area contributed by atoms with Crippen molar-refractivity contribution in [3.8, 4) is 11.5 Å². The van der Waals surface area contributed by atoms with Gasteiger partial charge < -0.3 is 19.5 Å². The first kappa shape index (κ1) is 25.8. The van der Waals surface area contributed by atoms with Crippen LogP contribution in [0.25, 0.3) is 0 Å². The van der Waals surface area contributed by atoms with E-state index in [2.05, 4.69) is 0 Å². The Kier molecular flexibility index (Phi) is 7.61. The van der Waals surface area contributed by atoms with Crippen LogP contribution in [0.3, 0.4) is 0 Å². The third kappa shape index (κ3) is 5.67. The van der Waals surface area contributed by atoms with Crippen molar-refractivity contribution in [3.63, 3.8) is 0 Å². The minimum absolute atomic E-state index is 0.0575. The van der Waals surface area contributed by atoms with Crippen LogP contribution in [-0.2, 0) is 15.7 Å². The second-order valence-corrected chi connectivity index (χ2v) is 6.50. The van der Waals surface area contributed by atoms with Crippen LogP contribution in [0.4, 0.5) is 30.2 Å². The SMILES string of the molecule is COc1cc(C(=O)OC(C)C(=O)Nc2ccc([N+](=O)[O-])cc2C(F)(F)F)c([N+](=O)[O-])cc1OC. The van der Waals surface area contributed by atoms with Crippen LogP contribution in [0.5, 0.6) is 11.5 Å². The number of hydrogen-bond donors (Lipinski definition) is 1. The Balaban J connectivity index is 2.30. The van der Waals surface area contributed by atoms with Gasteiger partial charge in [0.2, 0.25) is 0 Å². The smallest absolute Gasteiger partial charge is 0.418 e. The van der Waals surface area contributed by atoms with E-state index in [9.17, 15) is 43.0 Å². The molecule has 0 saturated heterocycles. The van der Waals surface area contributed by atoms with Gasteiger partial charge in [-0.05, 0) is 13.0 Å². The van der Waals surface area contributed by atoms with Gasteiger partial charge in [0.15, 0.2) is 17.6 Å². The molecule has 1 amide bonds. The molecule has 0 aliphatic rings. The summed E-state index contributed by atoms with van der Waals surface area (Å²) in [5, 5.41) is 24.0. The molecule has 0 heterocycles. The van der Waals surface area contributed by atoms with Gasteiger partial charge in [-0.15, -0.1) is 0 Å². The number of benzene rings is 2. The van der Waals surface area contributed by atoms with Crippen molar-refractivity contribution < 1.29 is 46.8 Å². The third-order valence-electron chi connectivity index (χ3n) is 4.35. The van der Waals surface area contributed by atoms with Crippen LogP contribution in [0.2, 0.25) is 0 Å². The summed E-state index contributed by atoms with van der Waals surface area (Å²) in [5.41, 5.74) is -4.50. The lowest BCUT2D eigenvalue weighted by Crippen LogP contribution is -2.31. The molecule has 1 N–H and O–H groups in total. The maximum atomic E-state index is 13.3. The number of carbonyl (C=O) groups is 2. The van der Waals surface area contributed by atoms with E-state index in [1.807, 2.05) is 5.32 Å². The lowest BCUT2D eigenvalue weighted by Gasteiger charge is -2.17. The van der Waals surface area contributed by atoms with E-state index >= 15 is 0 Å². The Morgan fingerprint density at radius 1 is 1.00 bits per heavy atom. The lowest BCUT2D eigenvalue weighted by atomic mass is 10.1. The molecule has 1 unspecified atom stereocenters. The number of amides is 1. The Morgan fingerprint density at radius 2 is 1.59 bits per heavy atom. The van der Waals surface area contributed by atoms with Crippen LogP contribution in [0.1, 0.15) is 22.8 Å². The minimum Gasteiger partial charge on any atom is -0.493 e. The highest BCUT2D eigenvalue weighted by Crippen LogP contribution is 2.37. The first-order chi connectivity index (χ1) is 15.8. The summed E-state index contributed by atoms with van der Waals surface area (Å²) in [6.07, 6.45) is -6.76. The van der Waals surface area contributed by atoms with E-state index in [4.69, 9.17) is 14.2 Å². The Morgan fingerprint density at radius 3 is 2.09 bits per heavy atom. The van der Waals surface area contributed by atoms with Crippen molar-refractivity contribution in [3.05, 3.63) is 61.7 Å². The number of ether oxygens (including phenoxy) is 3. The van der Waals surface area contributed by atoms with Crippen LogP contribution >= 0.6 is 0 Å². The molecule has 34 heavy (non-hydrogen) atoms. The number of nitrogens with zero attached hydrogens (tertiary/aromatic N) is 2. The molecule has 0 aliphatic heterocycles. The van der Waals surface area contributed by atoms with Gasteiger partial charge in [0.25, 0.3) is 17.3 Å². The number of alkyl halides is 3.